The maximum absolute atomic E-state index is 15.9. The molecule has 8 rings (SSSR count). The maximum atomic E-state index is 15.9. The monoisotopic (exact) mass is 613 g/mol. The third-order valence-electron chi connectivity index (χ3n) is 9.83. The summed E-state index contributed by atoms with van der Waals surface area (Å²) in [4.78, 5) is 25.0. The number of anilines is 1. The van der Waals surface area contributed by atoms with Crippen molar-refractivity contribution in [3.8, 4) is 6.07 Å². The maximum Gasteiger partial charge on any atom is 0.276 e. The van der Waals surface area contributed by atoms with Gasteiger partial charge in [0.05, 0.1) is 22.6 Å². The minimum Gasteiger partial charge on any atom is -0.363 e. The molecule has 1 saturated carbocycles. The second-order valence-corrected chi connectivity index (χ2v) is 12.9. The highest BCUT2D eigenvalue weighted by atomic mass is 19.3. The van der Waals surface area contributed by atoms with Crippen molar-refractivity contribution < 1.29 is 8.78 Å². The summed E-state index contributed by atoms with van der Waals surface area (Å²) in [5, 5.41) is 22.6. The average molecular weight is 614 g/mol. The van der Waals surface area contributed by atoms with Gasteiger partial charge in [-0.25, -0.2) is 18.7 Å². The van der Waals surface area contributed by atoms with E-state index < -0.39 is 17.3 Å². The fraction of sp³-hybridized carbons (Fsp3) is 0.515. The second-order valence-electron chi connectivity index (χ2n) is 12.9. The molecule has 4 aliphatic rings. The normalized spacial score (nSPS) is 24.5. The molecule has 12 heteroatoms. The first-order valence-electron chi connectivity index (χ1n) is 15.9. The molecule has 0 unspecified atom stereocenters. The number of nitrogens with one attached hydrogen (secondary N) is 1. The van der Waals surface area contributed by atoms with E-state index in [-0.39, 0.29) is 17.2 Å². The van der Waals surface area contributed by atoms with Gasteiger partial charge >= 0.3 is 0 Å². The van der Waals surface area contributed by atoms with Gasteiger partial charge in [0.15, 0.2) is 0 Å². The predicted octanol–water partition coefficient (Wildman–Crippen LogP) is 5.30. The Kier molecular flexibility index (Phi) is 7.60. The predicted molar refractivity (Wildman–Crippen MR) is 165 cm³/mol. The van der Waals surface area contributed by atoms with Gasteiger partial charge in [0, 0.05) is 48.9 Å². The molecule has 1 N–H and O–H groups in total. The number of rotatable bonds is 1. The summed E-state index contributed by atoms with van der Waals surface area (Å²) in [5.74, 6) is -3.22. The second kappa shape index (κ2) is 11.6. The zero-order chi connectivity index (χ0) is 31.2. The number of fused-ring (bicyclic) bond motifs is 7. The van der Waals surface area contributed by atoms with E-state index >= 15 is 8.78 Å². The fourth-order valence-corrected chi connectivity index (χ4v) is 6.88. The zero-order valence-electron chi connectivity index (χ0n) is 25.4. The lowest BCUT2D eigenvalue weighted by atomic mass is 9.85. The lowest BCUT2D eigenvalue weighted by molar-refractivity contribution is -0.0861. The van der Waals surface area contributed by atoms with Crippen LogP contribution < -0.4 is 10.9 Å². The van der Waals surface area contributed by atoms with E-state index in [9.17, 15) is 10.1 Å². The first-order valence-corrected chi connectivity index (χ1v) is 15.9. The topological polar surface area (TPSA) is 118 Å². The summed E-state index contributed by atoms with van der Waals surface area (Å²) in [5.41, 5.74) is 1.54. The molecule has 1 saturated heterocycles. The van der Waals surface area contributed by atoms with Crippen LogP contribution in [0.5, 0.6) is 0 Å². The lowest BCUT2D eigenvalue weighted by Gasteiger charge is -2.36. The molecule has 0 radical (unpaired) electrons. The van der Waals surface area contributed by atoms with Gasteiger partial charge in [-0.2, -0.15) is 5.26 Å². The molecule has 1 atom stereocenters. The Bertz CT molecular complexity index is 1810. The average Bonchev–Trinajstić information content (AvgIpc) is 3.73. The van der Waals surface area contributed by atoms with Gasteiger partial charge in [-0.3, -0.25) is 18.9 Å². The van der Waals surface area contributed by atoms with E-state index in [0.717, 1.165) is 25.0 Å². The standard InChI is InChI=1S/C33H37F2N9O/c1-22-23-6-5-7-25(16-23)33(34,35)24-8-14-42(15-9-24)18-26-19-43(41-40-26)12-3-2-4-13-44-30-27(29(39-22)37-21-38-30)17-28(31(44)45)32(20-36)10-11-32/h5-7,16-17,19,21-22,24H,2-4,8-15,18H2,1H3,(H,37,38,39)/t22-/m1/s1. The summed E-state index contributed by atoms with van der Waals surface area (Å²) in [6.07, 6.45) is 7.90. The molecule has 234 valence electrons. The number of nitrogens with zero attached hydrogens (tertiary/aromatic N) is 8. The van der Waals surface area contributed by atoms with Crippen molar-refractivity contribution in [2.75, 3.05) is 18.4 Å². The molecule has 1 aromatic carbocycles. The van der Waals surface area contributed by atoms with Gasteiger partial charge in [-0.05, 0) is 82.7 Å². The summed E-state index contributed by atoms with van der Waals surface area (Å²) < 4.78 is 35.4. The summed E-state index contributed by atoms with van der Waals surface area (Å²) in [7, 11) is 0. The first-order chi connectivity index (χ1) is 21.8. The molecule has 0 amide bonds. The SMILES string of the molecule is C[C@H]1Nc2ncnc3c2cc(C2(C#N)CC2)c(=O)n3CCCCCn2cc(nn2)CN2CCC(CC2)C(F)(F)c2cccc1c2. The van der Waals surface area contributed by atoms with Crippen molar-refractivity contribution >= 4 is 16.9 Å². The summed E-state index contributed by atoms with van der Waals surface area (Å²) in [6, 6.07) is 10.4. The molecule has 1 aliphatic carbocycles. The van der Waals surface area contributed by atoms with E-state index in [1.807, 2.05) is 23.9 Å². The Morgan fingerprint density at radius 1 is 1.04 bits per heavy atom. The first kappa shape index (κ1) is 29.5. The number of pyridine rings is 1. The number of benzene rings is 1. The van der Waals surface area contributed by atoms with Crippen LogP contribution in [0.4, 0.5) is 14.6 Å². The van der Waals surface area contributed by atoms with Crippen molar-refractivity contribution in [2.45, 2.75) is 88.9 Å². The van der Waals surface area contributed by atoms with Gasteiger partial charge in [-0.1, -0.05) is 23.4 Å². The molecule has 10 nitrogen and oxygen atoms in total. The van der Waals surface area contributed by atoms with E-state index in [1.54, 1.807) is 22.8 Å². The fourth-order valence-electron chi connectivity index (χ4n) is 6.88. The van der Waals surface area contributed by atoms with Crippen molar-refractivity contribution in [1.29, 1.82) is 5.26 Å². The Balaban J connectivity index is 1.27. The number of aryl methyl sites for hydroxylation is 2. The van der Waals surface area contributed by atoms with E-state index in [0.29, 0.717) is 86.4 Å². The largest absolute Gasteiger partial charge is 0.363 e. The highest BCUT2D eigenvalue weighted by Crippen LogP contribution is 2.47. The van der Waals surface area contributed by atoms with Crippen LogP contribution in [0.15, 0.2) is 47.7 Å². The number of piperidine rings is 1. The highest BCUT2D eigenvalue weighted by Gasteiger charge is 2.47. The third kappa shape index (κ3) is 5.58. The molecule has 3 aliphatic heterocycles. The Labute approximate surface area is 260 Å². The molecule has 0 spiro atoms. The Morgan fingerprint density at radius 3 is 2.62 bits per heavy atom. The molecule has 45 heavy (non-hydrogen) atoms. The van der Waals surface area contributed by atoms with E-state index in [2.05, 4.69) is 36.6 Å². The zero-order valence-corrected chi connectivity index (χ0v) is 25.4. The van der Waals surface area contributed by atoms with Crippen LogP contribution in [-0.2, 0) is 31.0 Å². The van der Waals surface area contributed by atoms with E-state index in [4.69, 9.17) is 0 Å². The minimum absolute atomic E-state index is 0.0156. The van der Waals surface area contributed by atoms with Crippen LogP contribution >= 0.6 is 0 Å². The molecule has 2 fully saturated rings. The number of nitriles is 1. The van der Waals surface area contributed by atoms with Gasteiger partial charge in [0.2, 0.25) is 0 Å². The molecular weight excluding hydrogens is 576 g/mol. The van der Waals surface area contributed by atoms with Crippen molar-refractivity contribution in [3.05, 3.63) is 75.6 Å². The quantitative estimate of drug-likeness (QED) is 0.308. The van der Waals surface area contributed by atoms with Crippen LogP contribution in [0.2, 0.25) is 0 Å². The minimum atomic E-state index is -2.97. The van der Waals surface area contributed by atoms with Crippen molar-refractivity contribution in [1.82, 2.24) is 34.4 Å². The van der Waals surface area contributed by atoms with Gasteiger partial charge in [0.1, 0.15) is 17.8 Å². The third-order valence-corrected chi connectivity index (χ3v) is 9.83. The Hall–Kier alpha value is -4.24. The van der Waals surface area contributed by atoms with Gasteiger partial charge in [-0.15, -0.1) is 5.10 Å². The van der Waals surface area contributed by atoms with Crippen LogP contribution in [0, 0.1) is 17.2 Å². The molecule has 4 aromatic rings. The molecule has 6 heterocycles. The Morgan fingerprint density at radius 2 is 1.84 bits per heavy atom. The van der Waals surface area contributed by atoms with Crippen LogP contribution in [-0.4, -0.2) is 47.5 Å². The van der Waals surface area contributed by atoms with Gasteiger partial charge < -0.3 is 5.32 Å². The van der Waals surface area contributed by atoms with Crippen LogP contribution in [0.25, 0.3) is 11.0 Å². The number of hydrogen-bond donors (Lipinski definition) is 1. The summed E-state index contributed by atoms with van der Waals surface area (Å²) >= 11 is 0. The lowest BCUT2D eigenvalue weighted by Crippen LogP contribution is -2.39. The number of hydrogen-bond acceptors (Lipinski definition) is 8. The highest BCUT2D eigenvalue weighted by molar-refractivity contribution is 5.87. The van der Waals surface area contributed by atoms with Crippen molar-refractivity contribution in [3.63, 3.8) is 0 Å². The van der Waals surface area contributed by atoms with Crippen molar-refractivity contribution in [2.24, 2.45) is 5.92 Å². The number of halogens is 2. The summed E-state index contributed by atoms with van der Waals surface area (Å²) in [6.45, 7) is 4.82. The van der Waals surface area contributed by atoms with Gasteiger partial charge in [0.25, 0.3) is 11.5 Å². The molecule has 10 bridgehead atoms. The van der Waals surface area contributed by atoms with Crippen LogP contribution in [0.3, 0.4) is 0 Å². The number of alkyl halides is 2. The van der Waals surface area contributed by atoms with E-state index in [1.165, 1.54) is 12.4 Å². The van der Waals surface area contributed by atoms with Crippen LogP contribution in [0.1, 0.15) is 80.3 Å². The number of aromatic nitrogens is 6. The molecular formula is C33H37F2N9O. The molecule has 3 aromatic heterocycles. The smallest absolute Gasteiger partial charge is 0.276 e.